The average Bonchev–Trinajstić information content (AvgIpc) is 2.78. The first-order valence-corrected chi connectivity index (χ1v) is 11.6. The van der Waals surface area contributed by atoms with Gasteiger partial charge in [-0.3, -0.25) is 9.59 Å². The van der Waals surface area contributed by atoms with E-state index in [2.05, 4.69) is 38.3 Å². The van der Waals surface area contributed by atoms with E-state index in [1.54, 1.807) is 6.07 Å². The number of hydrogen-bond donors (Lipinski definition) is 2. The van der Waals surface area contributed by atoms with Crippen molar-refractivity contribution in [3.63, 3.8) is 0 Å². The van der Waals surface area contributed by atoms with Crippen LogP contribution in [0.5, 0.6) is 5.75 Å². The first kappa shape index (κ1) is 25.2. The van der Waals surface area contributed by atoms with Gasteiger partial charge in [-0.25, -0.2) is 0 Å². The molecule has 0 aliphatic carbocycles. The SMILES string of the molecule is CCCN(CCC)C(=O)c1cccc(NCC(=O)Nc2ccc(OCCC(C)C)cc2)c1. The normalized spacial score (nSPS) is 10.7. The van der Waals surface area contributed by atoms with E-state index in [1.807, 2.05) is 47.4 Å². The fourth-order valence-corrected chi connectivity index (χ4v) is 3.23. The summed E-state index contributed by atoms with van der Waals surface area (Å²) in [6.07, 6.45) is 2.86. The Bertz CT molecular complexity index is 844. The molecule has 0 fully saturated rings. The molecular weight excluding hydrogens is 402 g/mol. The van der Waals surface area contributed by atoms with E-state index in [9.17, 15) is 9.59 Å². The summed E-state index contributed by atoms with van der Waals surface area (Å²) in [6, 6.07) is 14.7. The molecule has 2 N–H and O–H groups in total. The number of hydrogen-bond acceptors (Lipinski definition) is 4. The first-order chi connectivity index (χ1) is 15.4. The summed E-state index contributed by atoms with van der Waals surface area (Å²) in [4.78, 5) is 27.0. The molecule has 0 spiro atoms. The van der Waals surface area contributed by atoms with Crippen LogP contribution in [0.25, 0.3) is 0 Å². The maximum absolute atomic E-state index is 12.8. The number of ether oxygens (including phenoxy) is 1. The Morgan fingerprint density at radius 3 is 2.28 bits per heavy atom. The highest BCUT2D eigenvalue weighted by molar-refractivity contribution is 5.96. The molecule has 0 saturated carbocycles. The largest absolute Gasteiger partial charge is 0.494 e. The number of benzene rings is 2. The Morgan fingerprint density at radius 2 is 1.66 bits per heavy atom. The van der Waals surface area contributed by atoms with Crippen LogP contribution < -0.4 is 15.4 Å². The van der Waals surface area contributed by atoms with Crippen molar-refractivity contribution in [2.75, 3.05) is 36.9 Å². The molecule has 6 heteroatoms. The van der Waals surface area contributed by atoms with Gasteiger partial charge < -0.3 is 20.3 Å². The summed E-state index contributed by atoms with van der Waals surface area (Å²) in [5.74, 6) is 1.27. The molecule has 0 radical (unpaired) electrons. The number of amides is 2. The minimum absolute atomic E-state index is 0.0255. The van der Waals surface area contributed by atoms with Crippen molar-refractivity contribution in [3.8, 4) is 5.75 Å². The molecule has 0 aliphatic heterocycles. The molecule has 6 nitrogen and oxygen atoms in total. The van der Waals surface area contributed by atoms with E-state index in [-0.39, 0.29) is 18.4 Å². The molecule has 0 bridgehead atoms. The summed E-state index contributed by atoms with van der Waals surface area (Å²) in [6.45, 7) is 10.7. The van der Waals surface area contributed by atoms with E-state index in [0.29, 0.717) is 23.8 Å². The quantitative estimate of drug-likeness (QED) is 0.437. The lowest BCUT2D eigenvalue weighted by Crippen LogP contribution is -2.32. The van der Waals surface area contributed by atoms with E-state index in [1.165, 1.54) is 0 Å². The zero-order valence-electron chi connectivity index (χ0n) is 19.8. The van der Waals surface area contributed by atoms with E-state index in [0.717, 1.165) is 43.8 Å². The van der Waals surface area contributed by atoms with E-state index >= 15 is 0 Å². The minimum Gasteiger partial charge on any atom is -0.494 e. The molecule has 0 saturated heterocycles. The molecule has 2 amide bonds. The molecule has 2 rings (SSSR count). The van der Waals surface area contributed by atoms with E-state index in [4.69, 9.17) is 4.74 Å². The van der Waals surface area contributed by atoms with Crippen molar-refractivity contribution in [3.05, 3.63) is 54.1 Å². The number of nitrogens with zero attached hydrogens (tertiary/aromatic N) is 1. The third-order valence-corrected chi connectivity index (χ3v) is 4.94. The fourth-order valence-electron chi connectivity index (χ4n) is 3.23. The van der Waals surface area contributed by atoms with Crippen LogP contribution in [-0.2, 0) is 4.79 Å². The zero-order valence-corrected chi connectivity index (χ0v) is 19.8. The number of anilines is 2. The number of carbonyl (C=O) groups excluding carboxylic acids is 2. The lowest BCUT2D eigenvalue weighted by Gasteiger charge is -2.21. The van der Waals surface area contributed by atoms with Gasteiger partial charge in [0.2, 0.25) is 5.91 Å². The number of rotatable bonds is 13. The molecule has 0 heterocycles. The van der Waals surface area contributed by atoms with Crippen molar-refractivity contribution in [2.45, 2.75) is 47.0 Å². The summed E-state index contributed by atoms with van der Waals surface area (Å²) < 4.78 is 5.70. The first-order valence-electron chi connectivity index (χ1n) is 11.6. The number of carbonyl (C=O) groups is 2. The standard InChI is InChI=1S/C26H37N3O3/c1-5-15-29(16-6-2)26(31)21-8-7-9-23(18-21)27-19-25(30)28-22-10-12-24(13-11-22)32-17-14-20(3)4/h7-13,18,20,27H,5-6,14-17,19H2,1-4H3,(H,28,30). The second kappa shape index (κ2) is 13.4. The summed E-state index contributed by atoms with van der Waals surface area (Å²) in [7, 11) is 0. The van der Waals surface area contributed by atoms with Crippen molar-refractivity contribution in [1.29, 1.82) is 0 Å². The topological polar surface area (TPSA) is 70.7 Å². The Kier molecular flexibility index (Phi) is 10.6. The van der Waals surface area contributed by atoms with Crippen LogP contribution in [0.1, 0.15) is 57.3 Å². The van der Waals surface area contributed by atoms with Gasteiger partial charge in [-0.15, -0.1) is 0 Å². The van der Waals surface area contributed by atoms with Crippen LogP contribution in [0.4, 0.5) is 11.4 Å². The molecule has 174 valence electrons. The molecule has 2 aromatic carbocycles. The zero-order chi connectivity index (χ0) is 23.3. The third-order valence-electron chi connectivity index (χ3n) is 4.94. The van der Waals surface area contributed by atoms with Gasteiger partial charge in [-0.2, -0.15) is 0 Å². The van der Waals surface area contributed by atoms with Crippen molar-refractivity contribution < 1.29 is 14.3 Å². The smallest absolute Gasteiger partial charge is 0.253 e. The molecular formula is C26H37N3O3. The van der Waals surface area contributed by atoms with Crippen molar-refractivity contribution in [1.82, 2.24) is 4.90 Å². The lowest BCUT2D eigenvalue weighted by molar-refractivity contribution is -0.114. The number of nitrogens with one attached hydrogen (secondary N) is 2. The summed E-state index contributed by atoms with van der Waals surface area (Å²) in [5.41, 5.74) is 2.09. The Balaban J connectivity index is 1.86. The van der Waals surface area contributed by atoms with Crippen LogP contribution in [-0.4, -0.2) is 43.0 Å². The van der Waals surface area contributed by atoms with Gasteiger partial charge >= 0.3 is 0 Å². The molecule has 32 heavy (non-hydrogen) atoms. The van der Waals surface area contributed by atoms with Gasteiger partial charge in [-0.05, 0) is 67.6 Å². The third kappa shape index (κ3) is 8.61. The van der Waals surface area contributed by atoms with Crippen LogP contribution in [0.2, 0.25) is 0 Å². The monoisotopic (exact) mass is 439 g/mol. The van der Waals surface area contributed by atoms with Gasteiger partial charge in [0.15, 0.2) is 0 Å². The summed E-state index contributed by atoms with van der Waals surface area (Å²) >= 11 is 0. The lowest BCUT2D eigenvalue weighted by atomic mass is 10.1. The van der Waals surface area contributed by atoms with Gasteiger partial charge in [0.25, 0.3) is 5.91 Å². The molecule has 0 aliphatic rings. The van der Waals surface area contributed by atoms with Crippen LogP contribution >= 0.6 is 0 Å². The Morgan fingerprint density at radius 1 is 0.969 bits per heavy atom. The van der Waals surface area contributed by atoms with Crippen molar-refractivity contribution >= 4 is 23.2 Å². The minimum atomic E-state index is -0.159. The predicted octanol–water partition coefficient (Wildman–Crippen LogP) is 5.42. The summed E-state index contributed by atoms with van der Waals surface area (Å²) in [5, 5.41) is 5.98. The van der Waals surface area contributed by atoms with Crippen molar-refractivity contribution in [2.24, 2.45) is 5.92 Å². The molecule has 0 aromatic heterocycles. The molecule has 0 unspecified atom stereocenters. The molecule has 0 atom stereocenters. The average molecular weight is 440 g/mol. The van der Waals surface area contributed by atoms with Crippen LogP contribution in [0, 0.1) is 5.92 Å². The second-order valence-corrected chi connectivity index (χ2v) is 8.33. The van der Waals surface area contributed by atoms with E-state index < -0.39 is 0 Å². The predicted molar refractivity (Wildman–Crippen MR) is 131 cm³/mol. The molecule has 2 aromatic rings. The van der Waals surface area contributed by atoms with Gasteiger partial charge in [-0.1, -0.05) is 33.8 Å². The Labute approximate surface area is 192 Å². The maximum Gasteiger partial charge on any atom is 0.253 e. The Hall–Kier alpha value is -3.02. The van der Waals surface area contributed by atoms with Gasteiger partial charge in [0, 0.05) is 30.0 Å². The van der Waals surface area contributed by atoms with Gasteiger partial charge in [0.05, 0.1) is 13.2 Å². The van der Waals surface area contributed by atoms with Gasteiger partial charge in [0.1, 0.15) is 5.75 Å². The highest BCUT2D eigenvalue weighted by atomic mass is 16.5. The van der Waals surface area contributed by atoms with Crippen LogP contribution in [0.3, 0.4) is 0 Å². The second-order valence-electron chi connectivity index (χ2n) is 8.33. The maximum atomic E-state index is 12.8. The van der Waals surface area contributed by atoms with Crippen LogP contribution in [0.15, 0.2) is 48.5 Å². The highest BCUT2D eigenvalue weighted by Gasteiger charge is 2.14. The highest BCUT2D eigenvalue weighted by Crippen LogP contribution is 2.17. The fraction of sp³-hybridized carbons (Fsp3) is 0.462.